The van der Waals surface area contributed by atoms with Crippen LogP contribution in [0.2, 0.25) is 0 Å². The fourth-order valence-electron chi connectivity index (χ4n) is 3.40. The molecule has 0 saturated heterocycles. The van der Waals surface area contributed by atoms with Gasteiger partial charge >= 0.3 is 6.18 Å². The largest absolute Gasteiger partial charge is 0.431 e. The monoisotopic (exact) mass is 344 g/mol. The Kier molecular flexibility index (Phi) is 5.11. The van der Waals surface area contributed by atoms with Crippen LogP contribution in [0.25, 0.3) is 0 Å². The quantitative estimate of drug-likeness (QED) is 0.859. The van der Waals surface area contributed by atoms with E-state index in [4.69, 9.17) is 0 Å². The number of carbonyl (C=O) groups excluding carboxylic acids is 1. The number of hydrogen-bond acceptors (Lipinski definition) is 2. The first-order chi connectivity index (χ1) is 11.0. The van der Waals surface area contributed by atoms with Crippen molar-refractivity contribution < 1.29 is 18.0 Å². The summed E-state index contributed by atoms with van der Waals surface area (Å²) in [5.74, 6) is -0.352. The van der Waals surface area contributed by atoms with Gasteiger partial charge in [0, 0.05) is 6.04 Å². The minimum Gasteiger partial charge on any atom is -0.349 e. The lowest BCUT2D eigenvalue weighted by Crippen LogP contribution is -2.47. The van der Waals surface area contributed by atoms with Crippen molar-refractivity contribution >= 4 is 5.91 Å². The standard InChI is InChI=1S/C17H23F3N2O2/c1-16(2,3)11-6-4-5-7-12(11)21-14(23)10-8-9-13(17(18,19)20)22-15(10)24/h8-9,11-12H,4-7H2,1-3H3,(H,21,23)(H,22,24)/t11-,12+/m0/s1. The summed E-state index contributed by atoms with van der Waals surface area (Å²) in [6.45, 7) is 6.31. The maximum Gasteiger partial charge on any atom is 0.431 e. The topological polar surface area (TPSA) is 62.0 Å². The smallest absolute Gasteiger partial charge is 0.349 e. The van der Waals surface area contributed by atoms with Gasteiger partial charge in [0.1, 0.15) is 11.3 Å². The molecule has 2 rings (SSSR count). The second-order valence-electron chi connectivity index (χ2n) is 7.45. The van der Waals surface area contributed by atoms with Crippen molar-refractivity contribution in [1.82, 2.24) is 10.3 Å². The lowest BCUT2D eigenvalue weighted by Gasteiger charge is -2.40. The number of H-pyrrole nitrogens is 1. The molecule has 0 unspecified atom stereocenters. The highest BCUT2D eigenvalue weighted by molar-refractivity contribution is 5.94. The van der Waals surface area contributed by atoms with E-state index < -0.39 is 23.3 Å². The number of aromatic nitrogens is 1. The van der Waals surface area contributed by atoms with E-state index in [1.165, 1.54) is 0 Å². The van der Waals surface area contributed by atoms with Gasteiger partial charge in [-0.1, -0.05) is 33.6 Å². The van der Waals surface area contributed by atoms with Crippen LogP contribution >= 0.6 is 0 Å². The van der Waals surface area contributed by atoms with E-state index in [-0.39, 0.29) is 22.9 Å². The molecule has 0 aromatic carbocycles. The number of nitrogens with one attached hydrogen (secondary N) is 2. The Morgan fingerprint density at radius 3 is 2.33 bits per heavy atom. The molecule has 0 bridgehead atoms. The highest BCUT2D eigenvalue weighted by atomic mass is 19.4. The first-order valence-electron chi connectivity index (χ1n) is 8.11. The van der Waals surface area contributed by atoms with Crippen LogP contribution in [-0.4, -0.2) is 16.9 Å². The van der Waals surface area contributed by atoms with E-state index in [1.54, 1.807) is 4.98 Å². The summed E-state index contributed by atoms with van der Waals surface area (Å²) >= 11 is 0. The molecule has 1 fully saturated rings. The minimum absolute atomic E-state index is 0.00489. The molecule has 2 atom stereocenters. The summed E-state index contributed by atoms with van der Waals surface area (Å²) < 4.78 is 37.8. The Hall–Kier alpha value is -1.79. The second-order valence-corrected chi connectivity index (χ2v) is 7.45. The van der Waals surface area contributed by atoms with Crippen LogP contribution in [-0.2, 0) is 6.18 Å². The summed E-state index contributed by atoms with van der Waals surface area (Å²) in [6.07, 6.45) is -0.769. The van der Waals surface area contributed by atoms with Crippen LogP contribution in [0.1, 0.15) is 62.5 Å². The van der Waals surface area contributed by atoms with Gasteiger partial charge in [-0.2, -0.15) is 13.2 Å². The van der Waals surface area contributed by atoms with E-state index in [9.17, 15) is 22.8 Å². The summed E-state index contributed by atoms with van der Waals surface area (Å²) in [5, 5.41) is 2.85. The van der Waals surface area contributed by atoms with Crippen LogP contribution in [0.3, 0.4) is 0 Å². The molecule has 1 aliphatic carbocycles. The third kappa shape index (κ3) is 4.19. The Balaban J connectivity index is 2.19. The molecular formula is C17H23F3N2O2. The van der Waals surface area contributed by atoms with Gasteiger partial charge in [-0.3, -0.25) is 9.59 Å². The number of aromatic amines is 1. The number of rotatable bonds is 2. The molecular weight excluding hydrogens is 321 g/mol. The van der Waals surface area contributed by atoms with Crippen LogP contribution in [0, 0.1) is 11.3 Å². The molecule has 24 heavy (non-hydrogen) atoms. The molecule has 1 saturated carbocycles. The molecule has 1 heterocycles. The van der Waals surface area contributed by atoms with E-state index in [0.717, 1.165) is 37.8 Å². The zero-order valence-corrected chi connectivity index (χ0v) is 14.1. The number of hydrogen-bond donors (Lipinski definition) is 2. The fraction of sp³-hybridized carbons (Fsp3) is 0.647. The predicted molar refractivity (Wildman–Crippen MR) is 84.7 cm³/mol. The summed E-state index contributed by atoms with van der Waals surface area (Å²) in [6, 6.07) is 1.58. The molecule has 0 radical (unpaired) electrons. The van der Waals surface area contributed by atoms with Crippen LogP contribution in [0.5, 0.6) is 0 Å². The minimum atomic E-state index is -4.64. The molecule has 4 nitrogen and oxygen atoms in total. The maximum atomic E-state index is 12.6. The van der Waals surface area contributed by atoms with Crippen molar-refractivity contribution in [2.24, 2.45) is 11.3 Å². The second kappa shape index (κ2) is 6.61. The number of pyridine rings is 1. The summed E-state index contributed by atoms with van der Waals surface area (Å²) in [4.78, 5) is 25.9. The summed E-state index contributed by atoms with van der Waals surface area (Å²) in [5.41, 5.74) is -2.47. The predicted octanol–water partition coefficient (Wildman–Crippen LogP) is 3.73. The first kappa shape index (κ1) is 18.5. The van der Waals surface area contributed by atoms with Crippen molar-refractivity contribution in [2.45, 2.75) is 58.7 Å². The van der Waals surface area contributed by atoms with E-state index in [0.29, 0.717) is 0 Å². The van der Waals surface area contributed by atoms with Crippen LogP contribution in [0.15, 0.2) is 16.9 Å². The molecule has 134 valence electrons. The van der Waals surface area contributed by atoms with Gasteiger partial charge in [0.2, 0.25) is 0 Å². The van der Waals surface area contributed by atoms with Gasteiger partial charge < -0.3 is 10.3 Å². The molecule has 1 aromatic rings. The third-order valence-electron chi connectivity index (χ3n) is 4.65. The first-order valence-corrected chi connectivity index (χ1v) is 8.11. The van der Waals surface area contributed by atoms with Crippen molar-refractivity contribution in [3.05, 3.63) is 33.7 Å². The molecule has 1 aliphatic rings. The molecule has 2 N–H and O–H groups in total. The van der Waals surface area contributed by atoms with Gasteiger partial charge in [-0.05, 0) is 36.3 Å². The normalized spacial score (nSPS) is 22.2. The lowest BCUT2D eigenvalue weighted by molar-refractivity contribution is -0.141. The van der Waals surface area contributed by atoms with Gasteiger partial charge in [-0.15, -0.1) is 0 Å². The van der Waals surface area contributed by atoms with Gasteiger partial charge in [0.15, 0.2) is 0 Å². The number of alkyl halides is 3. The van der Waals surface area contributed by atoms with E-state index in [2.05, 4.69) is 26.1 Å². The van der Waals surface area contributed by atoms with E-state index >= 15 is 0 Å². The number of carbonyl (C=O) groups is 1. The Bertz CT molecular complexity index is 659. The molecule has 7 heteroatoms. The number of halogens is 3. The Morgan fingerprint density at radius 2 is 1.79 bits per heavy atom. The van der Waals surface area contributed by atoms with Gasteiger partial charge in [-0.25, -0.2) is 0 Å². The lowest BCUT2D eigenvalue weighted by atomic mass is 9.69. The average molecular weight is 344 g/mol. The molecule has 1 aromatic heterocycles. The zero-order valence-electron chi connectivity index (χ0n) is 14.1. The van der Waals surface area contributed by atoms with Gasteiger partial charge in [0.05, 0.1) is 0 Å². The molecule has 0 spiro atoms. The third-order valence-corrected chi connectivity index (χ3v) is 4.65. The van der Waals surface area contributed by atoms with Crippen molar-refractivity contribution in [3.63, 3.8) is 0 Å². The van der Waals surface area contributed by atoms with Crippen LogP contribution in [0.4, 0.5) is 13.2 Å². The van der Waals surface area contributed by atoms with Crippen molar-refractivity contribution in [2.75, 3.05) is 0 Å². The van der Waals surface area contributed by atoms with Crippen molar-refractivity contribution in [3.8, 4) is 0 Å². The fourth-order valence-corrected chi connectivity index (χ4v) is 3.40. The van der Waals surface area contributed by atoms with E-state index in [1.807, 2.05) is 0 Å². The Morgan fingerprint density at radius 1 is 1.17 bits per heavy atom. The summed E-state index contributed by atoms with van der Waals surface area (Å²) in [7, 11) is 0. The molecule has 1 amide bonds. The average Bonchev–Trinajstić information content (AvgIpc) is 2.45. The molecule has 0 aliphatic heterocycles. The Labute approximate surface area is 138 Å². The highest BCUT2D eigenvalue weighted by Crippen LogP contribution is 2.38. The van der Waals surface area contributed by atoms with Crippen molar-refractivity contribution in [1.29, 1.82) is 0 Å². The SMILES string of the molecule is CC(C)(C)[C@H]1CCCC[C@H]1NC(=O)c1ccc(C(F)(F)F)[nH]c1=O. The zero-order chi connectivity index (χ0) is 18.1. The number of amides is 1. The van der Waals surface area contributed by atoms with Crippen LogP contribution < -0.4 is 10.9 Å². The maximum absolute atomic E-state index is 12.6. The van der Waals surface area contributed by atoms with Gasteiger partial charge in [0.25, 0.3) is 11.5 Å². The highest BCUT2D eigenvalue weighted by Gasteiger charge is 2.36.